The molecule has 2 rings (SSSR count). The van der Waals surface area contributed by atoms with E-state index in [1.807, 2.05) is 32.0 Å². The lowest BCUT2D eigenvalue weighted by Gasteiger charge is -2.21. The van der Waals surface area contributed by atoms with Gasteiger partial charge in [0.15, 0.2) is 0 Å². The Bertz CT molecular complexity index is 773. The van der Waals surface area contributed by atoms with Crippen LogP contribution in [0.15, 0.2) is 54.6 Å². The summed E-state index contributed by atoms with van der Waals surface area (Å²) in [4.78, 5) is 38.2. The van der Waals surface area contributed by atoms with Gasteiger partial charge in [-0.2, -0.15) is 0 Å². The van der Waals surface area contributed by atoms with Crippen molar-refractivity contribution >= 4 is 23.4 Å². The van der Waals surface area contributed by atoms with E-state index in [0.717, 1.165) is 12.0 Å². The summed E-state index contributed by atoms with van der Waals surface area (Å²) in [7, 11) is 0. The van der Waals surface area contributed by atoms with Gasteiger partial charge in [-0.1, -0.05) is 42.8 Å². The van der Waals surface area contributed by atoms with Crippen molar-refractivity contribution in [1.82, 2.24) is 10.2 Å². The molecule has 6 nitrogen and oxygen atoms in total. The number of nitrogens with zero attached hydrogens (tertiary/aromatic N) is 1. The first kappa shape index (κ1) is 20.2. The van der Waals surface area contributed by atoms with E-state index in [9.17, 15) is 14.4 Å². The van der Waals surface area contributed by atoms with Gasteiger partial charge in [-0.25, -0.2) is 0 Å². The molecule has 0 aliphatic rings. The average molecular weight is 367 g/mol. The Morgan fingerprint density at radius 2 is 1.59 bits per heavy atom. The molecule has 0 aromatic heterocycles. The van der Waals surface area contributed by atoms with Crippen LogP contribution in [-0.4, -0.2) is 42.3 Å². The molecule has 2 aromatic carbocycles. The van der Waals surface area contributed by atoms with E-state index in [4.69, 9.17) is 0 Å². The molecule has 27 heavy (non-hydrogen) atoms. The van der Waals surface area contributed by atoms with E-state index in [1.54, 1.807) is 36.4 Å². The zero-order valence-electron chi connectivity index (χ0n) is 15.7. The van der Waals surface area contributed by atoms with Crippen LogP contribution in [0.1, 0.15) is 29.3 Å². The molecule has 142 valence electrons. The van der Waals surface area contributed by atoms with Crippen molar-refractivity contribution in [2.45, 2.75) is 20.3 Å². The number of benzene rings is 2. The summed E-state index contributed by atoms with van der Waals surface area (Å²) in [5, 5.41) is 5.28. The highest BCUT2D eigenvalue weighted by Gasteiger charge is 2.18. The van der Waals surface area contributed by atoms with Gasteiger partial charge < -0.3 is 15.5 Å². The Labute approximate surface area is 159 Å². The van der Waals surface area contributed by atoms with Crippen molar-refractivity contribution in [1.29, 1.82) is 0 Å². The fourth-order valence-corrected chi connectivity index (χ4v) is 2.54. The molecule has 0 atom stereocenters. The highest BCUT2D eigenvalue weighted by Crippen LogP contribution is 2.08. The van der Waals surface area contributed by atoms with Gasteiger partial charge in [0, 0.05) is 17.8 Å². The minimum atomic E-state index is -0.369. The molecular formula is C21H25N3O3. The summed E-state index contributed by atoms with van der Waals surface area (Å²) in [5.74, 6) is -0.882. The van der Waals surface area contributed by atoms with Crippen molar-refractivity contribution in [2.75, 3.05) is 25.0 Å². The Morgan fingerprint density at radius 3 is 2.22 bits per heavy atom. The fraction of sp³-hybridized carbons (Fsp3) is 0.286. The highest BCUT2D eigenvalue weighted by molar-refractivity contribution is 5.98. The van der Waals surface area contributed by atoms with Gasteiger partial charge in [-0.3, -0.25) is 14.4 Å². The number of hydrogen-bond acceptors (Lipinski definition) is 3. The van der Waals surface area contributed by atoms with Crippen LogP contribution in [-0.2, 0) is 9.59 Å². The monoisotopic (exact) mass is 367 g/mol. The van der Waals surface area contributed by atoms with Crippen molar-refractivity contribution in [2.24, 2.45) is 0 Å². The quantitative estimate of drug-likeness (QED) is 0.753. The molecule has 2 aromatic rings. The van der Waals surface area contributed by atoms with Crippen LogP contribution in [0.5, 0.6) is 0 Å². The number of nitrogens with one attached hydrogen (secondary N) is 2. The van der Waals surface area contributed by atoms with Crippen LogP contribution in [0.4, 0.5) is 5.69 Å². The second-order valence-electron chi connectivity index (χ2n) is 6.28. The molecule has 6 heteroatoms. The van der Waals surface area contributed by atoms with Gasteiger partial charge in [-0.15, -0.1) is 0 Å². The van der Waals surface area contributed by atoms with Crippen molar-refractivity contribution in [3.8, 4) is 0 Å². The average Bonchev–Trinajstić information content (AvgIpc) is 2.68. The number of carbonyl (C=O) groups excluding carboxylic acids is 3. The molecule has 0 unspecified atom stereocenters. The summed E-state index contributed by atoms with van der Waals surface area (Å²) in [6, 6.07) is 16.2. The molecule has 2 N–H and O–H groups in total. The smallest absolute Gasteiger partial charge is 0.254 e. The molecule has 0 radical (unpaired) electrons. The molecule has 0 fully saturated rings. The molecule has 0 saturated heterocycles. The molecule has 0 aliphatic heterocycles. The normalized spacial score (nSPS) is 10.1. The lowest BCUT2D eigenvalue weighted by Crippen LogP contribution is -2.43. The van der Waals surface area contributed by atoms with E-state index in [-0.39, 0.29) is 30.8 Å². The highest BCUT2D eigenvalue weighted by atomic mass is 16.2. The molecule has 0 spiro atoms. The third kappa shape index (κ3) is 6.58. The standard InChI is InChI=1S/C21H25N3O3/c1-3-13-24(21(27)17-7-5-4-6-8-17)15-20(26)22-14-19(25)23-18-11-9-16(2)10-12-18/h4-12H,3,13-15H2,1-2H3,(H,22,26)(H,23,25). The SMILES string of the molecule is CCCN(CC(=O)NCC(=O)Nc1ccc(C)cc1)C(=O)c1ccccc1. The topological polar surface area (TPSA) is 78.5 Å². The van der Waals surface area contributed by atoms with Crippen molar-refractivity contribution in [3.63, 3.8) is 0 Å². The van der Waals surface area contributed by atoms with E-state index >= 15 is 0 Å². The number of rotatable bonds is 8. The molecule has 0 bridgehead atoms. The Morgan fingerprint density at radius 1 is 0.926 bits per heavy atom. The van der Waals surface area contributed by atoms with E-state index < -0.39 is 0 Å². The summed E-state index contributed by atoms with van der Waals surface area (Å²) in [6.07, 6.45) is 0.736. The first-order valence-corrected chi connectivity index (χ1v) is 8.97. The van der Waals surface area contributed by atoms with Gasteiger partial charge in [0.25, 0.3) is 5.91 Å². The van der Waals surface area contributed by atoms with Crippen LogP contribution < -0.4 is 10.6 Å². The predicted molar refractivity (Wildman–Crippen MR) is 105 cm³/mol. The van der Waals surface area contributed by atoms with Crippen molar-refractivity contribution < 1.29 is 14.4 Å². The number of aryl methyl sites for hydroxylation is 1. The Kier molecular flexibility index (Phi) is 7.55. The Hall–Kier alpha value is -3.15. The van der Waals surface area contributed by atoms with Crippen LogP contribution in [0, 0.1) is 6.92 Å². The fourth-order valence-electron chi connectivity index (χ4n) is 2.54. The number of hydrogen-bond donors (Lipinski definition) is 2. The molecule has 3 amide bonds. The first-order chi connectivity index (χ1) is 13.0. The second kappa shape index (κ2) is 10.1. The van der Waals surface area contributed by atoms with Gasteiger partial charge in [0.1, 0.15) is 0 Å². The number of amides is 3. The van der Waals surface area contributed by atoms with E-state index in [2.05, 4.69) is 10.6 Å². The predicted octanol–water partition coefficient (Wildman–Crippen LogP) is 2.60. The summed E-state index contributed by atoms with van der Waals surface area (Å²) in [5.41, 5.74) is 2.31. The number of carbonyl (C=O) groups is 3. The summed E-state index contributed by atoms with van der Waals surface area (Å²) >= 11 is 0. The third-order valence-electron chi connectivity index (χ3n) is 3.92. The molecule has 0 heterocycles. The van der Waals surface area contributed by atoms with E-state index in [1.165, 1.54) is 4.90 Å². The molecule has 0 saturated carbocycles. The molecule has 0 aliphatic carbocycles. The van der Waals surface area contributed by atoms with Crippen LogP contribution in [0.25, 0.3) is 0 Å². The minimum absolute atomic E-state index is 0.0839. The van der Waals surface area contributed by atoms with Gasteiger partial charge in [0.2, 0.25) is 11.8 Å². The van der Waals surface area contributed by atoms with E-state index in [0.29, 0.717) is 17.8 Å². The van der Waals surface area contributed by atoms with Crippen molar-refractivity contribution in [3.05, 3.63) is 65.7 Å². The van der Waals surface area contributed by atoms with Crippen LogP contribution in [0.2, 0.25) is 0 Å². The maximum Gasteiger partial charge on any atom is 0.254 e. The minimum Gasteiger partial charge on any atom is -0.345 e. The van der Waals surface area contributed by atoms with Crippen LogP contribution in [0.3, 0.4) is 0 Å². The molecular weight excluding hydrogens is 342 g/mol. The Balaban J connectivity index is 1.85. The first-order valence-electron chi connectivity index (χ1n) is 8.97. The lowest BCUT2D eigenvalue weighted by atomic mass is 10.2. The second-order valence-corrected chi connectivity index (χ2v) is 6.28. The third-order valence-corrected chi connectivity index (χ3v) is 3.92. The van der Waals surface area contributed by atoms with Gasteiger partial charge >= 0.3 is 0 Å². The number of anilines is 1. The van der Waals surface area contributed by atoms with Crippen LogP contribution >= 0.6 is 0 Å². The summed E-state index contributed by atoms with van der Waals surface area (Å²) < 4.78 is 0. The lowest BCUT2D eigenvalue weighted by molar-refractivity contribution is -0.124. The maximum atomic E-state index is 12.5. The zero-order chi connectivity index (χ0) is 19.6. The largest absolute Gasteiger partial charge is 0.345 e. The summed E-state index contributed by atoms with van der Waals surface area (Å²) in [6.45, 7) is 4.14. The van der Waals surface area contributed by atoms with Gasteiger partial charge in [0.05, 0.1) is 13.1 Å². The van der Waals surface area contributed by atoms with Gasteiger partial charge in [-0.05, 0) is 37.6 Å². The maximum absolute atomic E-state index is 12.5. The zero-order valence-corrected chi connectivity index (χ0v) is 15.7.